The number of amides is 1. The van der Waals surface area contributed by atoms with Crippen LogP contribution in [0.4, 0.5) is 13.2 Å². The van der Waals surface area contributed by atoms with E-state index in [1.807, 2.05) is 7.05 Å². The number of carbonyl (C=O) groups excluding carboxylic acids is 1. The monoisotopic (exact) mass is 378 g/mol. The Bertz CT molecular complexity index is 600. The molecule has 0 saturated carbocycles. The van der Waals surface area contributed by atoms with Crippen LogP contribution in [-0.2, 0) is 6.18 Å². The molecule has 0 bridgehead atoms. The van der Waals surface area contributed by atoms with E-state index < -0.39 is 17.6 Å². The molecule has 1 heterocycles. The number of likely N-dealkylation sites (tertiary alicyclic amines) is 1. The van der Waals surface area contributed by atoms with Gasteiger partial charge >= 0.3 is 6.18 Å². The Morgan fingerprint density at radius 1 is 1.40 bits per heavy atom. The molecule has 1 fully saturated rings. The van der Waals surface area contributed by atoms with Crippen LogP contribution in [0.3, 0.4) is 0 Å². The van der Waals surface area contributed by atoms with Gasteiger partial charge in [0.1, 0.15) is 12.4 Å². The van der Waals surface area contributed by atoms with E-state index in [2.05, 4.69) is 11.9 Å². The Balaban J connectivity index is 0.00000312. The van der Waals surface area contributed by atoms with Gasteiger partial charge < -0.3 is 15.0 Å². The van der Waals surface area contributed by atoms with Crippen molar-refractivity contribution in [2.45, 2.75) is 25.1 Å². The van der Waals surface area contributed by atoms with E-state index in [0.717, 1.165) is 25.0 Å². The lowest BCUT2D eigenvalue weighted by molar-refractivity contribution is -0.137. The molecule has 0 unspecified atom stereocenters. The molecule has 1 aliphatic rings. The molecule has 2 rings (SSSR count). The van der Waals surface area contributed by atoms with Gasteiger partial charge in [0.25, 0.3) is 5.91 Å². The number of nitrogens with zero attached hydrogens (tertiary/aromatic N) is 1. The molecule has 1 saturated heterocycles. The second kappa shape index (κ2) is 9.10. The maximum absolute atomic E-state index is 13.0. The fourth-order valence-electron chi connectivity index (χ4n) is 2.69. The second-order valence-corrected chi connectivity index (χ2v) is 5.66. The quantitative estimate of drug-likeness (QED) is 0.797. The van der Waals surface area contributed by atoms with Crippen LogP contribution in [0.25, 0.3) is 0 Å². The SMILES string of the molecule is C=CCOc1ccc(C(F)(F)F)cc1C(=O)N1CCC(NC)CC1.Cl. The molecular formula is C17H22ClF3N2O2. The van der Waals surface area contributed by atoms with Crippen LogP contribution in [0.1, 0.15) is 28.8 Å². The third-order valence-corrected chi connectivity index (χ3v) is 4.08. The Labute approximate surface area is 151 Å². The van der Waals surface area contributed by atoms with Gasteiger partial charge in [-0.05, 0) is 38.1 Å². The predicted molar refractivity (Wildman–Crippen MR) is 92.4 cm³/mol. The third kappa shape index (κ3) is 5.37. The van der Waals surface area contributed by atoms with Crippen molar-refractivity contribution in [2.24, 2.45) is 0 Å². The lowest BCUT2D eigenvalue weighted by atomic mass is 10.0. The van der Waals surface area contributed by atoms with Crippen LogP contribution < -0.4 is 10.1 Å². The van der Waals surface area contributed by atoms with Gasteiger partial charge in [0.15, 0.2) is 0 Å². The van der Waals surface area contributed by atoms with Gasteiger partial charge in [-0.2, -0.15) is 13.2 Å². The highest BCUT2D eigenvalue weighted by atomic mass is 35.5. The normalized spacial score (nSPS) is 15.4. The molecule has 0 aromatic heterocycles. The van der Waals surface area contributed by atoms with E-state index in [4.69, 9.17) is 4.74 Å². The maximum atomic E-state index is 13.0. The molecule has 1 aromatic rings. The van der Waals surface area contributed by atoms with Crippen molar-refractivity contribution in [3.8, 4) is 5.75 Å². The summed E-state index contributed by atoms with van der Waals surface area (Å²) in [7, 11) is 1.86. The first kappa shape index (κ1) is 21.3. The van der Waals surface area contributed by atoms with Gasteiger partial charge in [0.2, 0.25) is 0 Å². The Morgan fingerprint density at radius 3 is 2.56 bits per heavy atom. The smallest absolute Gasteiger partial charge is 0.416 e. The Hall–Kier alpha value is -1.73. The van der Waals surface area contributed by atoms with Gasteiger partial charge in [-0.15, -0.1) is 12.4 Å². The van der Waals surface area contributed by atoms with Crippen LogP contribution in [0.5, 0.6) is 5.75 Å². The van der Waals surface area contributed by atoms with Gasteiger partial charge in [0, 0.05) is 19.1 Å². The number of piperidine rings is 1. The van der Waals surface area contributed by atoms with Crippen LogP contribution in [0, 0.1) is 0 Å². The lowest BCUT2D eigenvalue weighted by Gasteiger charge is -2.32. The van der Waals surface area contributed by atoms with Crippen LogP contribution >= 0.6 is 12.4 Å². The Kier molecular flexibility index (Phi) is 7.76. The second-order valence-electron chi connectivity index (χ2n) is 5.66. The van der Waals surface area contributed by atoms with Crippen molar-refractivity contribution >= 4 is 18.3 Å². The van der Waals surface area contributed by atoms with Gasteiger partial charge in [0.05, 0.1) is 11.1 Å². The minimum atomic E-state index is -4.51. The summed E-state index contributed by atoms with van der Waals surface area (Å²) in [5.41, 5.74) is -0.920. The van der Waals surface area contributed by atoms with Gasteiger partial charge in [-0.3, -0.25) is 4.79 Å². The number of rotatable bonds is 5. The molecule has 0 atom stereocenters. The molecule has 25 heavy (non-hydrogen) atoms. The lowest BCUT2D eigenvalue weighted by Crippen LogP contribution is -2.44. The van der Waals surface area contributed by atoms with Crippen LogP contribution in [0.15, 0.2) is 30.9 Å². The number of ether oxygens (including phenoxy) is 1. The number of nitrogens with one attached hydrogen (secondary N) is 1. The zero-order chi connectivity index (χ0) is 17.7. The van der Waals surface area contributed by atoms with Crippen molar-refractivity contribution in [2.75, 3.05) is 26.7 Å². The molecule has 4 nitrogen and oxygen atoms in total. The highest BCUT2D eigenvalue weighted by molar-refractivity contribution is 5.97. The summed E-state index contributed by atoms with van der Waals surface area (Å²) in [5.74, 6) is -0.293. The average molecular weight is 379 g/mol. The summed E-state index contributed by atoms with van der Waals surface area (Å²) in [6, 6.07) is 3.31. The van der Waals surface area contributed by atoms with Crippen molar-refractivity contribution in [1.82, 2.24) is 10.2 Å². The fraction of sp³-hybridized carbons (Fsp3) is 0.471. The van der Waals surface area contributed by atoms with E-state index in [9.17, 15) is 18.0 Å². The maximum Gasteiger partial charge on any atom is 0.416 e. The first-order valence-corrected chi connectivity index (χ1v) is 7.78. The number of carbonyl (C=O) groups is 1. The zero-order valence-corrected chi connectivity index (χ0v) is 14.8. The molecule has 1 amide bonds. The van der Waals surface area contributed by atoms with Crippen LogP contribution in [-0.4, -0.2) is 43.6 Å². The zero-order valence-electron chi connectivity index (χ0n) is 13.9. The standard InChI is InChI=1S/C17H21F3N2O2.ClH/c1-3-10-24-15-5-4-12(17(18,19)20)11-14(15)16(23)22-8-6-13(21-2)7-9-22;/h3-5,11,13,21H,1,6-10H2,2H3;1H. The average Bonchev–Trinajstić information content (AvgIpc) is 2.58. The molecule has 140 valence electrons. The molecule has 1 N–H and O–H groups in total. The van der Waals surface area contributed by atoms with Crippen molar-refractivity contribution in [3.63, 3.8) is 0 Å². The fourth-order valence-corrected chi connectivity index (χ4v) is 2.69. The topological polar surface area (TPSA) is 41.6 Å². The number of benzene rings is 1. The van der Waals surface area contributed by atoms with Gasteiger partial charge in [-0.25, -0.2) is 0 Å². The number of hydrogen-bond acceptors (Lipinski definition) is 3. The van der Waals surface area contributed by atoms with E-state index in [0.29, 0.717) is 19.1 Å². The van der Waals surface area contributed by atoms with Crippen molar-refractivity contribution in [1.29, 1.82) is 0 Å². The molecule has 0 spiro atoms. The summed E-state index contributed by atoms with van der Waals surface area (Å²) in [6.07, 6.45) is -1.50. The van der Waals surface area contributed by atoms with E-state index >= 15 is 0 Å². The summed E-state index contributed by atoms with van der Waals surface area (Å²) in [5, 5.41) is 3.15. The van der Waals surface area contributed by atoms with E-state index in [-0.39, 0.29) is 30.3 Å². The number of halogens is 4. The Morgan fingerprint density at radius 2 is 2.04 bits per heavy atom. The highest BCUT2D eigenvalue weighted by Crippen LogP contribution is 2.33. The van der Waals surface area contributed by atoms with E-state index in [1.54, 1.807) is 4.90 Å². The molecule has 0 aliphatic carbocycles. The molecule has 8 heteroatoms. The predicted octanol–water partition coefficient (Wildman–Crippen LogP) is 3.52. The summed E-state index contributed by atoms with van der Waals surface area (Å²) >= 11 is 0. The first-order valence-electron chi connectivity index (χ1n) is 7.78. The molecular weight excluding hydrogens is 357 g/mol. The molecule has 0 radical (unpaired) electrons. The van der Waals surface area contributed by atoms with E-state index in [1.165, 1.54) is 12.1 Å². The van der Waals surface area contributed by atoms with Crippen LogP contribution in [0.2, 0.25) is 0 Å². The minimum Gasteiger partial charge on any atom is -0.489 e. The highest BCUT2D eigenvalue weighted by Gasteiger charge is 2.33. The number of hydrogen-bond donors (Lipinski definition) is 1. The minimum absolute atomic E-state index is 0. The largest absolute Gasteiger partial charge is 0.489 e. The molecule has 1 aliphatic heterocycles. The number of alkyl halides is 3. The summed E-state index contributed by atoms with van der Waals surface area (Å²) in [6.45, 7) is 4.63. The summed E-state index contributed by atoms with van der Waals surface area (Å²) in [4.78, 5) is 14.3. The summed E-state index contributed by atoms with van der Waals surface area (Å²) < 4.78 is 44.3. The van der Waals surface area contributed by atoms with Crippen molar-refractivity contribution in [3.05, 3.63) is 42.0 Å². The first-order chi connectivity index (χ1) is 11.4. The van der Waals surface area contributed by atoms with Crippen molar-refractivity contribution < 1.29 is 22.7 Å². The van der Waals surface area contributed by atoms with Gasteiger partial charge in [-0.1, -0.05) is 12.7 Å². The third-order valence-electron chi connectivity index (χ3n) is 4.08. The molecule has 1 aromatic carbocycles.